The van der Waals surface area contributed by atoms with Gasteiger partial charge >= 0.3 is 7.12 Å². The van der Waals surface area contributed by atoms with Gasteiger partial charge in [0.15, 0.2) is 0 Å². The van der Waals surface area contributed by atoms with Gasteiger partial charge < -0.3 is 23.7 Å². The van der Waals surface area contributed by atoms with E-state index in [0.717, 1.165) is 60.5 Å². The number of anilines is 1. The third-order valence-electron chi connectivity index (χ3n) is 8.21. The molecule has 2 saturated heterocycles. The van der Waals surface area contributed by atoms with Gasteiger partial charge in [0, 0.05) is 82.4 Å². The molecule has 1 aromatic carbocycles. The Hall–Kier alpha value is -2.88. The largest absolute Gasteiger partial charge is 0.495 e. The highest BCUT2D eigenvalue weighted by Crippen LogP contribution is 2.37. The monoisotopic (exact) mass is 503 g/mol. The van der Waals surface area contributed by atoms with Crippen molar-refractivity contribution in [3.05, 3.63) is 53.9 Å². The summed E-state index contributed by atoms with van der Waals surface area (Å²) in [7, 11) is 5.24. The van der Waals surface area contributed by atoms with E-state index in [0.29, 0.717) is 0 Å². The lowest BCUT2D eigenvalue weighted by Crippen LogP contribution is -2.46. The average Bonchev–Trinajstić information content (AvgIpc) is 3.29. The molecule has 2 fully saturated rings. The number of benzene rings is 1. The molecule has 196 valence electrons. The van der Waals surface area contributed by atoms with Crippen LogP contribution >= 0.6 is 0 Å². The Morgan fingerprint density at radius 1 is 1.00 bits per heavy atom. The van der Waals surface area contributed by atoms with Gasteiger partial charge in [0.1, 0.15) is 5.65 Å². The quantitative estimate of drug-likeness (QED) is 0.499. The number of hydrogen-bond donors (Lipinski definition) is 0. The Balaban J connectivity index is 1.27. The SMILES string of the molecule is CN(C)C(=O)c1ccc(N2CCN(Cc3cc4c(B5OC(C)(C)C(C)(C)O5)ccnc4n3C)CC2)cc1. The van der Waals surface area contributed by atoms with E-state index in [1.165, 1.54) is 5.69 Å². The molecule has 0 saturated carbocycles. The zero-order valence-corrected chi connectivity index (χ0v) is 23.1. The van der Waals surface area contributed by atoms with Crippen LogP contribution < -0.4 is 10.4 Å². The summed E-state index contributed by atoms with van der Waals surface area (Å²) < 4.78 is 14.9. The fraction of sp³-hybridized carbons (Fsp3) is 0.500. The lowest BCUT2D eigenvalue weighted by Gasteiger charge is -2.36. The summed E-state index contributed by atoms with van der Waals surface area (Å²) >= 11 is 0. The fourth-order valence-corrected chi connectivity index (χ4v) is 5.08. The van der Waals surface area contributed by atoms with E-state index in [2.05, 4.69) is 72.3 Å². The van der Waals surface area contributed by atoms with Crippen LogP contribution in [0.3, 0.4) is 0 Å². The predicted octanol–water partition coefficient (Wildman–Crippen LogP) is 2.90. The minimum atomic E-state index is -0.409. The highest BCUT2D eigenvalue weighted by molar-refractivity contribution is 6.65. The second-order valence-corrected chi connectivity index (χ2v) is 11.4. The van der Waals surface area contributed by atoms with Crippen molar-refractivity contribution >= 4 is 35.2 Å². The maximum absolute atomic E-state index is 12.2. The number of aryl methyl sites for hydroxylation is 1. The van der Waals surface area contributed by atoms with Crippen LogP contribution in [0.2, 0.25) is 0 Å². The summed E-state index contributed by atoms with van der Waals surface area (Å²) in [5.41, 5.74) is 4.33. The molecule has 4 heterocycles. The van der Waals surface area contributed by atoms with Crippen molar-refractivity contribution in [2.24, 2.45) is 7.05 Å². The van der Waals surface area contributed by atoms with Crippen LogP contribution in [0.4, 0.5) is 5.69 Å². The van der Waals surface area contributed by atoms with E-state index >= 15 is 0 Å². The van der Waals surface area contributed by atoms with Gasteiger partial charge in [-0.3, -0.25) is 9.69 Å². The number of fused-ring (bicyclic) bond motifs is 1. The standard InChI is InChI=1S/C28H38BN5O3/c1-27(2)28(3,4)37-29(36-27)24-12-13-30-25-23(24)18-22(32(25)7)19-33-14-16-34(17-15-33)21-10-8-20(9-11-21)26(35)31(5)6/h8-13,18H,14-17,19H2,1-7H3. The molecule has 9 heteroatoms. The first-order valence-electron chi connectivity index (χ1n) is 13.0. The maximum atomic E-state index is 12.2. The Morgan fingerprint density at radius 3 is 2.22 bits per heavy atom. The summed E-state index contributed by atoms with van der Waals surface area (Å²) in [6.45, 7) is 13.0. The molecular weight excluding hydrogens is 465 g/mol. The summed E-state index contributed by atoms with van der Waals surface area (Å²) in [4.78, 5) is 23.3. The smallest absolute Gasteiger partial charge is 0.399 e. The van der Waals surface area contributed by atoms with Crippen LogP contribution in [0.15, 0.2) is 42.6 Å². The zero-order chi connectivity index (χ0) is 26.5. The molecular formula is C28H38BN5O3. The molecule has 0 unspecified atom stereocenters. The van der Waals surface area contributed by atoms with E-state index in [1.54, 1.807) is 19.0 Å². The van der Waals surface area contributed by atoms with Gasteiger partial charge in [-0.15, -0.1) is 0 Å². The van der Waals surface area contributed by atoms with Crippen LogP contribution in [-0.2, 0) is 22.9 Å². The molecule has 5 rings (SSSR count). The van der Waals surface area contributed by atoms with Gasteiger partial charge in [-0.2, -0.15) is 0 Å². The molecule has 8 nitrogen and oxygen atoms in total. The molecule has 2 aliphatic rings. The normalized spacial score (nSPS) is 19.5. The maximum Gasteiger partial charge on any atom is 0.495 e. The van der Waals surface area contributed by atoms with Gasteiger partial charge in [-0.25, -0.2) is 4.98 Å². The van der Waals surface area contributed by atoms with Crippen molar-refractivity contribution in [1.29, 1.82) is 0 Å². The molecule has 1 amide bonds. The van der Waals surface area contributed by atoms with E-state index in [4.69, 9.17) is 9.31 Å². The van der Waals surface area contributed by atoms with Crippen LogP contribution in [0, 0.1) is 0 Å². The van der Waals surface area contributed by atoms with Gasteiger partial charge in [-0.1, -0.05) is 0 Å². The van der Waals surface area contributed by atoms with E-state index < -0.39 is 7.12 Å². The number of hydrogen-bond acceptors (Lipinski definition) is 6. The number of nitrogens with zero attached hydrogens (tertiary/aromatic N) is 5. The molecule has 0 bridgehead atoms. The predicted molar refractivity (Wildman–Crippen MR) is 148 cm³/mol. The molecule has 0 atom stereocenters. The molecule has 0 spiro atoms. The lowest BCUT2D eigenvalue weighted by atomic mass is 9.78. The lowest BCUT2D eigenvalue weighted by molar-refractivity contribution is 0.00578. The molecule has 0 radical (unpaired) electrons. The van der Waals surface area contributed by atoms with E-state index in [1.807, 2.05) is 24.4 Å². The Morgan fingerprint density at radius 2 is 1.62 bits per heavy atom. The highest BCUT2D eigenvalue weighted by Gasteiger charge is 2.52. The van der Waals surface area contributed by atoms with Crippen molar-refractivity contribution in [2.45, 2.75) is 45.4 Å². The van der Waals surface area contributed by atoms with Crippen molar-refractivity contribution in [1.82, 2.24) is 19.4 Å². The van der Waals surface area contributed by atoms with Crippen molar-refractivity contribution in [3.63, 3.8) is 0 Å². The third-order valence-corrected chi connectivity index (χ3v) is 8.21. The van der Waals surface area contributed by atoms with Crippen LogP contribution in [-0.4, -0.2) is 83.9 Å². The van der Waals surface area contributed by atoms with E-state index in [9.17, 15) is 4.79 Å². The Labute approximate surface area is 220 Å². The second-order valence-electron chi connectivity index (χ2n) is 11.4. The minimum absolute atomic E-state index is 0.0300. The summed E-state index contributed by atoms with van der Waals surface area (Å²) in [5.74, 6) is 0.0300. The van der Waals surface area contributed by atoms with E-state index in [-0.39, 0.29) is 17.1 Å². The molecule has 0 N–H and O–H groups in total. The first-order chi connectivity index (χ1) is 17.5. The fourth-order valence-electron chi connectivity index (χ4n) is 5.08. The Kier molecular flexibility index (Phi) is 6.58. The van der Waals surface area contributed by atoms with Gasteiger partial charge in [0.2, 0.25) is 0 Å². The molecule has 2 aromatic heterocycles. The Bertz CT molecular complexity index is 1280. The number of amides is 1. The second kappa shape index (κ2) is 9.46. The zero-order valence-electron chi connectivity index (χ0n) is 23.1. The van der Waals surface area contributed by atoms with Crippen LogP contribution in [0.25, 0.3) is 11.0 Å². The number of aromatic nitrogens is 2. The van der Waals surface area contributed by atoms with Gasteiger partial charge in [0.05, 0.1) is 11.2 Å². The van der Waals surface area contributed by atoms with Crippen molar-refractivity contribution < 1.29 is 14.1 Å². The number of piperazine rings is 1. The summed E-state index contributed by atoms with van der Waals surface area (Å²) in [5, 5.41) is 1.09. The number of carbonyl (C=O) groups is 1. The molecule has 3 aromatic rings. The number of rotatable bonds is 5. The highest BCUT2D eigenvalue weighted by atomic mass is 16.7. The molecule has 37 heavy (non-hydrogen) atoms. The molecule has 0 aliphatic carbocycles. The minimum Gasteiger partial charge on any atom is -0.399 e. The summed E-state index contributed by atoms with van der Waals surface area (Å²) in [6.07, 6.45) is 1.85. The van der Waals surface area contributed by atoms with Crippen molar-refractivity contribution in [3.8, 4) is 0 Å². The molecule has 2 aliphatic heterocycles. The third kappa shape index (κ3) is 4.76. The van der Waals surface area contributed by atoms with Gasteiger partial charge in [-0.05, 0) is 69.6 Å². The van der Waals surface area contributed by atoms with Crippen LogP contribution in [0.5, 0.6) is 0 Å². The first-order valence-corrected chi connectivity index (χ1v) is 13.0. The first kappa shape index (κ1) is 25.8. The number of carbonyl (C=O) groups excluding carboxylic acids is 1. The summed E-state index contributed by atoms with van der Waals surface area (Å²) in [6, 6.07) is 12.2. The van der Waals surface area contributed by atoms with Crippen molar-refractivity contribution in [2.75, 3.05) is 45.2 Å². The van der Waals surface area contributed by atoms with Crippen LogP contribution in [0.1, 0.15) is 43.7 Å². The topological polar surface area (TPSA) is 63.1 Å². The van der Waals surface area contributed by atoms with Gasteiger partial charge in [0.25, 0.3) is 5.91 Å². The number of pyridine rings is 1. The average molecular weight is 503 g/mol.